The standard InChI is InChI=1S/C14H16N4O2S/c1-2-18-12(16-17-14(18)21)8-15-13(19)10-3-4-11-9(7-10)5-6-20-11/h3-4,7H,2,5-6,8H2,1H3,(H,15,19)(H,17,21). The molecule has 7 heteroatoms. The number of H-pyrrole nitrogens is 1. The molecule has 0 aliphatic carbocycles. The van der Waals surface area contributed by atoms with E-state index >= 15 is 0 Å². The van der Waals surface area contributed by atoms with Crippen molar-refractivity contribution in [1.82, 2.24) is 20.1 Å². The summed E-state index contributed by atoms with van der Waals surface area (Å²) < 4.78 is 7.85. The minimum Gasteiger partial charge on any atom is -0.493 e. The van der Waals surface area contributed by atoms with Crippen LogP contribution in [0.15, 0.2) is 18.2 Å². The number of rotatable bonds is 4. The van der Waals surface area contributed by atoms with Crippen LogP contribution in [0.5, 0.6) is 5.75 Å². The molecular weight excluding hydrogens is 288 g/mol. The molecule has 3 rings (SSSR count). The first-order chi connectivity index (χ1) is 10.2. The Balaban J connectivity index is 1.70. The molecule has 0 unspecified atom stereocenters. The number of benzene rings is 1. The molecule has 2 aromatic rings. The van der Waals surface area contributed by atoms with Gasteiger partial charge in [0.25, 0.3) is 5.91 Å². The van der Waals surface area contributed by atoms with Crippen LogP contribution in [-0.4, -0.2) is 27.3 Å². The Bertz CT molecular complexity index is 735. The lowest BCUT2D eigenvalue weighted by molar-refractivity contribution is 0.0949. The van der Waals surface area contributed by atoms with E-state index in [0.717, 1.165) is 30.1 Å². The quantitative estimate of drug-likeness (QED) is 0.845. The molecule has 1 aromatic carbocycles. The van der Waals surface area contributed by atoms with Gasteiger partial charge in [-0.25, -0.2) is 0 Å². The van der Waals surface area contributed by atoms with Crippen LogP contribution in [0.3, 0.4) is 0 Å². The highest BCUT2D eigenvalue weighted by Crippen LogP contribution is 2.25. The van der Waals surface area contributed by atoms with Crippen molar-refractivity contribution >= 4 is 18.1 Å². The largest absolute Gasteiger partial charge is 0.493 e. The first-order valence-electron chi connectivity index (χ1n) is 6.87. The van der Waals surface area contributed by atoms with E-state index in [0.29, 0.717) is 23.5 Å². The Kier molecular flexibility index (Phi) is 3.74. The van der Waals surface area contributed by atoms with E-state index in [1.165, 1.54) is 0 Å². The molecule has 0 saturated heterocycles. The number of ether oxygens (including phenoxy) is 1. The summed E-state index contributed by atoms with van der Waals surface area (Å²) in [6.07, 6.45) is 0.852. The zero-order chi connectivity index (χ0) is 14.8. The molecule has 0 atom stereocenters. The fraction of sp³-hybridized carbons (Fsp3) is 0.357. The smallest absolute Gasteiger partial charge is 0.251 e. The van der Waals surface area contributed by atoms with Gasteiger partial charge in [-0.15, -0.1) is 0 Å². The maximum absolute atomic E-state index is 12.2. The second-order valence-electron chi connectivity index (χ2n) is 4.79. The number of hydrogen-bond donors (Lipinski definition) is 2. The lowest BCUT2D eigenvalue weighted by Crippen LogP contribution is -2.24. The summed E-state index contributed by atoms with van der Waals surface area (Å²) in [5.41, 5.74) is 1.72. The minimum atomic E-state index is -0.124. The highest BCUT2D eigenvalue weighted by atomic mass is 32.1. The molecule has 1 aliphatic rings. The third kappa shape index (κ3) is 2.69. The first kappa shape index (κ1) is 13.8. The van der Waals surface area contributed by atoms with Crippen LogP contribution in [0.4, 0.5) is 0 Å². The molecule has 110 valence electrons. The molecular formula is C14H16N4O2S. The van der Waals surface area contributed by atoms with Crippen molar-refractivity contribution in [3.63, 3.8) is 0 Å². The molecule has 1 aromatic heterocycles. The minimum absolute atomic E-state index is 0.124. The number of aromatic amines is 1. The third-order valence-corrected chi connectivity index (χ3v) is 3.82. The number of nitrogens with one attached hydrogen (secondary N) is 2. The van der Waals surface area contributed by atoms with Crippen molar-refractivity contribution in [2.24, 2.45) is 0 Å². The van der Waals surface area contributed by atoms with Crippen LogP contribution in [0.1, 0.15) is 28.7 Å². The fourth-order valence-electron chi connectivity index (χ4n) is 2.40. The van der Waals surface area contributed by atoms with Crippen LogP contribution in [0.2, 0.25) is 0 Å². The Morgan fingerprint density at radius 2 is 2.43 bits per heavy atom. The molecule has 0 saturated carbocycles. The van der Waals surface area contributed by atoms with Gasteiger partial charge in [0.15, 0.2) is 10.6 Å². The lowest BCUT2D eigenvalue weighted by Gasteiger charge is -2.07. The number of fused-ring (bicyclic) bond motifs is 1. The topological polar surface area (TPSA) is 71.9 Å². The number of nitrogens with zero attached hydrogens (tertiary/aromatic N) is 2. The van der Waals surface area contributed by atoms with Gasteiger partial charge in [-0.05, 0) is 42.9 Å². The molecule has 0 bridgehead atoms. The first-order valence-corrected chi connectivity index (χ1v) is 7.28. The second kappa shape index (κ2) is 5.69. The summed E-state index contributed by atoms with van der Waals surface area (Å²) in [4.78, 5) is 12.2. The summed E-state index contributed by atoms with van der Waals surface area (Å²) in [6.45, 7) is 3.73. The van der Waals surface area contributed by atoms with Crippen molar-refractivity contribution in [2.75, 3.05) is 6.61 Å². The molecule has 0 fully saturated rings. The monoisotopic (exact) mass is 304 g/mol. The van der Waals surface area contributed by atoms with Crippen molar-refractivity contribution in [3.05, 3.63) is 39.9 Å². The number of carbonyl (C=O) groups is 1. The van der Waals surface area contributed by atoms with Gasteiger partial charge in [0, 0.05) is 18.5 Å². The van der Waals surface area contributed by atoms with Crippen LogP contribution in [0.25, 0.3) is 0 Å². The zero-order valence-electron chi connectivity index (χ0n) is 11.7. The molecule has 1 aliphatic heterocycles. The van der Waals surface area contributed by atoms with E-state index in [9.17, 15) is 4.79 Å². The maximum atomic E-state index is 12.2. The van der Waals surface area contributed by atoms with Gasteiger partial charge in [0.05, 0.1) is 13.2 Å². The second-order valence-corrected chi connectivity index (χ2v) is 5.18. The van der Waals surface area contributed by atoms with Crippen LogP contribution in [0, 0.1) is 4.77 Å². The highest BCUT2D eigenvalue weighted by molar-refractivity contribution is 7.71. The SMILES string of the molecule is CCn1c(CNC(=O)c2ccc3c(c2)CCO3)n[nH]c1=S. The van der Waals surface area contributed by atoms with Gasteiger partial charge < -0.3 is 14.6 Å². The van der Waals surface area contributed by atoms with Gasteiger partial charge in [0.1, 0.15) is 5.75 Å². The van der Waals surface area contributed by atoms with E-state index < -0.39 is 0 Å². The molecule has 2 heterocycles. The van der Waals surface area contributed by atoms with Crippen LogP contribution >= 0.6 is 12.2 Å². The maximum Gasteiger partial charge on any atom is 0.251 e. The average Bonchev–Trinajstić information content (AvgIpc) is 3.09. The molecule has 0 radical (unpaired) electrons. The number of aromatic nitrogens is 3. The summed E-state index contributed by atoms with van der Waals surface area (Å²) in [6, 6.07) is 5.50. The van der Waals surface area contributed by atoms with E-state index in [1.54, 1.807) is 6.07 Å². The van der Waals surface area contributed by atoms with E-state index in [-0.39, 0.29) is 5.91 Å². The normalized spacial score (nSPS) is 12.8. The number of carbonyl (C=O) groups excluding carboxylic acids is 1. The van der Waals surface area contributed by atoms with Gasteiger partial charge in [-0.3, -0.25) is 9.89 Å². The van der Waals surface area contributed by atoms with Gasteiger partial charge >= 0.3 is 0 Å². The summed E-state index contributed by atoms with van der Waals surface area (Å²) in [5.74, 6) is 1.47. The Labute approximate surface area is 127 Å². The van der Waals surface area contributed by atoms with Crippen LogP contribution in [-0.2, 0) is 19.5 Å². The molecule has 0 spiro atoms. The Morgan fingerprint density at radius 1 is 1.57 bits per heavy atom. The third-order valence-electron chi connectivity index (χ3n) is 3.51. The molecule has 21 heavy (non-hydrogen) atoms. The average molecular weight is 304 g/mol. The van der Waals surface area contributed by atoms with Crippen LogP contribution < -0.4 is 10.1 Å². The van der Waals surface area contributed by atoms with E-state index in [4.69, 9.17) is 17.0 Å². The Morgan fingerprint density at radius 3 is 3.24 bits per heavy atom. The van der Waals surface area contributed by atoms with Crippen molar-refractivity contribution in [3.8, 4) is 5.75 Å². The molecule has 2 N–H and O–H groups in total. The van der Waals surface area contributed by atoms with E-state index in [1.807, 2.05) is 23.6 Å². The predicted octanol–water partition coefficient (Wildman–Crippen LogP) is 1.83. The van der Waals surface area contributed by atoms with Gasteiger partial charge in [-0.1, -0.05) is 0 Å². The van der Waals surface area contributed by atoms with Crippen molar-refractivity contribution in [1.29, 1.82) is 0 Å². The molecule has 6 nitrogen and oxygen atoms in total. The van der Waals surface area contributed by atoms with Gasteiger partial charge in [-0.2, -0.15) is 5.10 Å². The highest BCUT2D eigenvalue weighted by Gasteiger charge is 2.15. The summed E-state index contributed by atoms with van der Waals surface area (Å²) >= 11 is 5.12. The fourth-order valence-corrected chi connectivity index (χ4v) is 2.68. The summed E-state index contributed by atoms with van der Waals surface area (Å²) in [5, 5.41) is 9.72. The Hall–Kier alpha value is -2.15. The van der Waals surface area contributed by atoms with Gasteiger partial charge in [0.2, 0.25) is 0 Å². The lowest BCUT2D eigenvalue weighted by atomic mass is 10.1. The van der Waals surface area contributed by atoms with Crippen molar-refractivity contribution < 1.29 is 9.53 Å². The number of amides is 1. The van der Waals surface area contributed by atoms with E-state index in [2.05, 4.69) is 15.5 Å². The molecule has 1 amide bonds. The van der Waals surface area contributed by atoms with Crippen molar-refractivity contribution in [2.45, 2.75) is 26.4 Å². The number of hydrogen-bond acceptors (Lipinski definition) is 4. The zero-order valence-corrected chi connectivity index (χ0v) is 12.5. The summed E-state index contributed by atoms with van der Waals surface area (Å²) in [7, 11) is 0. The predicted molar refractivity (Wildman–Crippen MR) is 79.9 cm³/mol.